The van der Waals surface area contributed by atoms with Crippen molar-refractivity contribution in [3.63, 3.8) is 0 Å². The molecule has 1 unspecified atom stereocenters. The van der Waals surface area contributed by atoms with Gasteiger partial charge in [0.15, 0.2) is 5.82 Å². The molecule has 26 heavy (non-hydrogen) atoms. The SMILES string of the molecule is OC1(Cc2nc(C3CC3)no2)CCCN(Cc2cn3ccccc3n2)C1. The molecule has 1 aliphatic heterocycles. The van der Waals surface area contributed by atoms with Crippen LogP contribution in [0.1, 0.15) is 49.0 Å². The molecule has 1 saturated heterocycles. The fourth-order valence-electron chi connectivity index (χ4n) is 3.91. The zero-order valence-electron chi connectivity index (χ0n) is 14.7. The Morgan fingerprint density at radius 2 is 2.19 bits per heavy atom. The molecule has 0 aromatic carbocycles. The molecule has 136 valence electrons. The molecule has 1 atom stereocenters. The van der Waals surface area contributed by atoms with Gasteiger partial charge >= 0.3 is 0 Å². The molecule has 7 nitrogen and oxygen atoms in total. The van der Waals surface area contributed by atoms with Gasteiger partial charge in [0.1, 0.15) is 5.65 Å². The quantitative estimate of drug-likeness (QED) is 0.757. The lowest BCUT2D eigenvalue weighted by Crippen LogP contribution is -2.49. The lowest BCUT2D eigenvalue weighted by atomic mass is 9.89. The van der Waals surface area contributed by atoms with Crippen molar-refractivity contribution in [1.29, 1.82) is 0 Å². The maximum Gasteiger partial charge on any atom is 0.229 e. The van der Waals surface area contributed by atoms with Gasteiger partial charge in [-0.25, -0.2) is 4.98 Å². The fraction of sp³-hybridized carbons (Fsp3) is 0.526. The predicted octanol–water partition coefficient (Wildman–Crippen LogP) is 2.16. The van der Waals surface area contributed by atoms with Crippen LogP contribution in [0, 0.1) is 0 Å². The number of pyridine rings is 1. The van der Waals surface area contributed by atoms with E-state index >= 15 is 0 Å². The van der Waals surface area contributed by atoms with Crippen molar-refractivity contribution in [3.05, 3.63) is 48.0 Å². The molecule has 1 aliphatic carbocycles. The first-order valence-corrected chi connectivity index (χ1v) is 9.37. The van der Waals surface area contributed by atoms with Crippen LogP contribution in [-0.4, -0.2) is 48.2 Å². The number of nitrogens with zero attached hydrogens (tertiary/aromatic N) is 5. The third-order valence-corrected chi connectivity index (χ3v) is 5.34. The smallest absolute Gasteiger partial charge is 0.229 e. The van der Waals surface area contributed by atoms with Gasteiger partial charge in [0.05, 0.1) is 17.7 Å². The van der Waals surface area contributed by atoms with E-state index in [2.05, 4.69) is 26.2 Å². The van der Waals surface area contributed by atoms with E-state index in [4.69, 9.17) is 4.52 Å². The van der Waals surface area contributed by atoms with Crippen LogP contribution in [0.5, 0.6) is 0 Å². The van der Waals surface area contributed by atoms with Crippen LogP contribution in [0.15, 0.2) is 35.1 Å². The van der Waals surface area contributed by atoms with E-state index in [1.165, 1.54) is 0 Å². The summed E-state index contributed by atoms with van der Waals surface area (Å²) in [7, 11) is 0. The minimum absolute atomic E-state index is 0.425. The third-order valence-electron chi connectivity index (χ3n) is 5.34. The molecule has 2 fully saturated rings. The Bertz CT molecular complexity index is 882. The summed E-state index contributed by atoms with van der Waals surface area (Å²) >= 11 is 0. The molecule has 5 rings (SSSR count). The number of piperidine rings is 1. The average Bonchev–Trinajstić information content (AvgIpc) is 3.23. The number of hydrogen-bond donors (Lipinski definition) is 1. The van der Waals surface area contributed by atoms with Crippen molar-refractivity contribution in [3.8, 4) is 0 Å². The van der Waals surface area contributed by atoms with Crippen molar-refractivity contribution in [2.45, 2.75) is 50.2 Å². The summed E-state index contributed by atoms with van der Waals surface area (Å²) in [5.74, 6) is 1.84. The molecule has 0 spiro atoms. The number of imidazole rings is 1. The van der Waals surface area contributed by atoms with E-state index < -0.39 is 5.60 Å². The van der Waals surface area contributed by atoms with Crippen LogP contribution in [0.2, 0.25) is 0 Å². The normalized spacial score (nSPS) is 24.3. The average molecular weight is 353 g/mol. The van der Waals surface area contributed by atoms with Crippen molar-refractivity contribution < 1.29 is 9.63 Å². The summed E-state index contributed by atoms with van der Waals surface area (Å²) in [6.45, 7) is 2.30. The number of rotatable bonds is 5. The highest BCUT2D eigenvalue weighted by molar-refractivity contribution is 5.39. The number of hydrogen-bond acceptors (Lipinski definition) is 6. The Labute approximate surface area is 151 Å². The van der Waals surface area contributed by atoms with Crippen molar-refractivity contribution in [2.75, 3.05) is 13.1 Å². The Balaban J connectivity index is 1.27. The van der Waals surface area contributed by atoms with Gasteiger partial charge in [-0.15, -0.1) is 0 Å². The number of fused-ring (bicyclic) bond motifs is 1. The maximum absolute atomic E-state index is 11.1. The van der Waals surface area contributed by atoms with E-state index in [1.807, 2.05) is 28.8 Å². The van der Waals surface area contributed by atoms with Crippen LogP contribution >= 0.6 is 0 Å². The predicted molar refractivity (Wildman–Crippen MR) is 94.6 cm³/mol. The van der Waals surface area contributed by atoms with Crippen molar-refractivity contribution >= 4 is 5.65 Å². The highest BCUT2D eigenvalue weighted by atomic mass is 16.5. The minimum Gasteiger partial charge on any atom is -0.388 e. The summed E-state index contributed by atoms with van der Waals surface area (Å²) < 4.78 is 7.40. The van der Waals surface area contributed by atoms with Gasteiger partial charge in [-0.2, -0.15) is 4.98 Å². The first kappa shape index (κ1) is 16.0. The lowest BCUT2D eigenvalue weighted by Gasteiger charge is -2.38. The molecule has 0 bridgehead atoms. The molecule has 4 heterocycles. The Hall–Kier alpha value is -2.25. The van der Waals surface area contributed by atoms with Crippen LogP contribution < -0.4 is 0 Å². The molecular formula is C19H23N5O2. The van der Waals surface area contributed by atoms with Crippen LogP contribution in [0.4, 0.5) is 0 Å². The molecule has 3 aromatic rings. The topological polar surface area (TPSA) is 79.7 Å². The van der Waals surface area contributed by atoms with Crippen LogP contribution in [0.3, 0.4) is 0 Å². The first-order valence-electron chi connectivity index (χ1n) is 9.37. The summed E-state index contributed by atoms with van der Waals surface area (Å²) in [6.07, 6.45) is 8.50. The number of β-amino-alcohol motifs (C(OH)–C–C–N with tert-alkyl or cyclic N) is 1. The van der Waals surface area contributed by atoms with Gasteiger partial charge < -0.3 is 14.0 Å². The highest BCUT2D eigenvalue weighted by Gasteiger charge is 2.36. The van der Waals surface area contributed by atoms with Crippen LogP contribution in [0.25, 0.3) is 5.65 Å². The second kappa shape index (κ2) is 6.17. The first-order chi connectivity index (χ1) is 12.7. The third kappa shape index (κ3) is 3.24. The van der Waals surface area contributed by atoms with E-state index in [0.29, 0.717) is 24.8 Å². The van der Waals surface area contributed by atoms with Gasteiger partial charge in [-0.3, -0.25) is 4.90 Å². The van der Waals surface area contributed by atoms with Gasteiger partial charge in [-0.05, 0) is 44.4 Å². The van der Waals surface area contributed by atoms with Gasteiger partial charge in [0, 0.05) is 31.4 Å². The van der Waals surface area contributed by atoms with E-state index in [-0.39, 0.29) is 0 Å². The second-order valence-electron chi connectivity index (χ2n) is 7.73. The zero-order valence-corrected chi connectivity index (χ0v) is 14.7. The van der Waals surface area contributed by atoms with Gasteiger partial charge in [-0.1, -0.05) is 11.2 Å². The number of likely N-dealkylation sites (tertiary alicyclic amines) is 1. The fourth-order valence-corrected chi connectivity index (χ4v) is 3.91. The van der Waals surface area contributed by atoms with Crippen LogP contribution in [-0.2, 0) is 13.0 Å². The molecule has 1 saturated carbocycles. The molecule has 1 N–H and O–H groups in total. The van der Waals surface area contributed by atoms with E-state index in [1.54, 1.807) is 0 Å². The summed E-state index contributed by atoms with van der Waals surface area (Å²) in [6, 6.07) is 5.99. The maximum atomic E-state index is 11.1. The molecular weight excluding hydrogens is 330 g/mol. The Morgan fingerprint density at radius 1 is 1.27 bits per heavy atom. The molecule has 3 aromatic heterocycles. The van der Waals surface area contributed by atoms with Crippen molar-refractivity contribution in [1.82, 2.24) is 24.4 Å². The Kier molecular flexibility index (Phi) is 3.79. The molecule has 2 aliphatic rings. The largest absolute Gasteiger partial charge is 0.388 e. The van der Waals surface area contributed by atoms with Crippen molar-refractivity contribution in [2.24, 2.45) is 0 Å². The summed E-state index contributed by atoms with van der Waals surface area (Å²) in [5.41, 5.74) is 1.16. The summed E-state index contributed by atoms with van der Waals surface area (Å²) in [5, 5.41) is 15.1. The highest BCUT2D eigenvalue weighted by Crippen LogP contribution is 2.38. The number of aromatic nitrogens is 4. The molecule has 0 amide bonds. The lowest BCUT2D eigenvalue weighted by molar-refractivity contribution is -0.0376. The second-order valence-corrected chi connectivity index (χ2v) is 7.73. The minimum atomic E-state index is -0.815. The van der Waals surface area contributed by atoms with Gasteiger partial charge in [0.2, 0.25) is 5.89 Å². The Morgan fingerprint density at radius 3 is 3.04 bits per heavy atom. The number of aliphatic hydroxyl groups is 1. The van der Waals surface area contributed by atoms with E-state index in [9.17, 15) is 5.11 Å². The van der Waals surface area contributed by atoms with Gasteiger partial charge in [0.25, 0.3) is 0 Å². The monoisotopic (exact) mass is 353 g/mol. The molecule has 0 radical (unpaired) electrons. The standard InChI is InChI=1S/C19H23N5O2/c25-19(10-17-21-18(22-26-17)14-5-6-14)7-3-8-23(13-19)11-15-12-24-9-2-1-4-16(24)20-15/h1-2,4,9,12,14,25H,3,5-8,10-11,13H2. The zero-order chi connectivity index (χ0) is 17.6. The molecule has 7 heteroatoms. The van der Waals surface area contributed by atoms with E-state index in [0.717, 1.165) is 55.9 Å². The summed E-state index contributed by atoms with van der Waals surface area (Å²) in [4.78, 5) is 11.4.